The Labute approximate surface area is 220 Å². The molecule has 1 atom stereocenters. The van der Waals surface area contributed by atoms with Crippen molar-refractivity contribution in [3.63, 3.8) is 0 Å². The van der Waals surface area contributed by atoms with Crippen molar-refractivity contribution in [2.75, 3.05) is 13.6 Å². The predicted octanol–water partition coefficient (Wildman–Crippen LogP) is 4.48. The van der Waals surface area contributed by atoms with Gasteiger partial charge in [-0.15, -0.1) is 0 Å². The standard InChI is InChI=1S/C28H38FN3O4S/c1-3-26(28(34)30-24-11-6-4-7-12-24)32(21-22-16-18-23(29)19-17-22)27(33)15-10-20-31(2)37(35,36)25-13-8-5-9-14-25/h5,8-9,13-14,16-19,24,26H,3-4,6-7,10-12,15,20-21H2,1-2H3,(H,30,34)/t26-/m0/s1. The highest BCUT2D eigenvalue weighted by Gasteiger charge is 2.30. The quantitative estimate of drug-likeness (QED) is 0.438. The molecular formula is C28H38FN3O4S. The first kappa shape index (κ1) is 28.8. The Balaban J connectivity index is 1.69. The number of nitrogens with one attached hydrogen (secondary N) is 1. The zero-order chi connectivity index (χ0) is 26.8. The zero-order valence-electron chi connectivity index (χ0n) is 21.7. The summed E-state index contributed by atoms with van der Waals surface area (Å²) in [5.74, 6) is -0.777. The molecule has 37 heavy (non-hydrogen) atoms. The molecule has 1 aliphatic carbocycles. The Hall–Kier alpha value is -2.78. The summed E-state index contributed by atoms with van der Waals surface area (Å²) in [4.78, 5) is 28.4. The van der Waals surface area contributed by atoms with Crippen LogP contribution < -0.4 is 5.32 Å². The molecule has 0 radical (unpaired) electrons. The van der Waals surface area contributed by atoms with Gasteiger partial charge in [0, 0.05) is 32.6 Å². The summed E-state index contributed by atoms with van der Waals surface area (Å²) in [5, 5.41) is 3.13. The summed E-state index contributed by atoms with van der Waals surface area (Å²) in [6.07, 6.45) is 6.05. The Morgan fingerprint density at radius 1 is 1.03 bits per heavy atom. The fraction of sp³-hybridized carbons (Fsp3) is 0.500. The normalized spacial score (nSPS) is 15.4. The van der Waals surface area contributed by atoms with Crippen LogP contribution in [0, 0.1) is 5.82 Å². The first-order valence-electron chi connectivity index (χ1n) is 13.1. The number of sulfonamides is 1. The van der Waals surface area contributed by atoms with E-state index in [4.69, 9.17) is 0 Å². The van der Waals surface area contributed by atoms with Crippen LogP contribution in [0.2, 0.25) is 0 Å². The summed E-state index contributed by atoms with van der Waals surface area (Å²) in [6, 6.07) is 13.5. The highest BCUT2D eigenvalue weighted by atomic mass is 32.2. The molecule has 0 spiro atoms. The van der Waals surface area contributed by atoms with Crippen LogP contribution in [0.3, 0.4) is 0 Å². The maximum Gasteiger partial charge on any atom is 0.243 e. The summed E-state index contributed by atoms with van der Waals surface area (Å²) in [6.45, 7) is 2.21. The predicted molar refractivity (Wildman–Crippen MR) is 142 cm³/mol. The minimum atomic E-state index is -3.65. The van der Waals surface area contributed by atoms with Gasteiger partial charge in [-0.25, -0.2) is 17.1 Å². The fourth-order valence-electron chi connectivity index (χ4n) is 4.74. The van der Waals surface area contributed by atoms with Gasteiger partial charge in [-0.3, -0.25) is 9.59 Å². The molecule has 7 nitrogen and oxygen atoms in total. The Kier molecular flexibility index (Phi) is 10.6. The molecular weight excluding hydrogens is 493 g/mol. The van der Waals surface area contributed by atoms with Crippen LogP contribution >= 0.6 is 0 Å². The zero-order valence-corrected chi connectivity index (χ0v) is 22.6. The Bertz CT molecular complexity index is 1120. The van der Waals surface area contributed by atoms with E-state index in [0.717, 1.165) is 31.2 Å². The molecule has 2 aromatic carbocycles. The maximum absolute atomic E-state index is 13.5. The van der Waals surface area contributed by atoms with Gasteiger partial charge < -0.3 is 10.2 Å². The molecule has 2 aromatic rings. The van der Waals surface area contributed by atoms with Gasteiger partial charge in [-0.05, 0) is 55.5 Å². The molecule has 1 fully saturated rings. The molecule has 202 valence electrons. The van der Waals surface area contributed by atoms with E-state index in [1.165, 1.54) is 42.0 Å². The van der Waals surface area contributed by atoms with Gasteiger partial charge in [-0.1, -0.05) is 56.5 Å². The van der Waals surface area contributed by atoms with E-state index >= 15 is 0 Å². The lowest BCUT2D eigenvalue weighted by Crippen LogP contribution is -2.51. The summed E-state index contributed by atoms with van der Waals surface area (Å²) in [7, 11) is -2.16. The first-order chi connectivity index (χ1) is 17.7. The molecule has 0 unspecified atom stereocenters. The van der Waals surface area contributed by atoms with E-state index in [1.807, 2.05) is 6.92 Å². The Morgan fingerprint density at radius 3 is 2.30 bits per heavy atom. The van der Waals surface area contributed by atoms with Gasteiger partial charge in [0.1, 0.15) is 11.9 Å². The number of rotatable bonds is 12. The van der Waals surface area contributed by atoms with Crippen molar-refractivity contribution >= 4 is 21.8 Å². The highest BCUT2D eigenvalue weighted by molar-refractivity contribution is 7.89. The topological polar surface area (TPSA) is 86.8 Å². The SMILES string of the molecule is CC[C@@H](C(=O)NC1CCCCC1)N(Cc1ccc(F)cc1)C(=O)CCCN(C)S(=O)(=O)c1ccccc1. The van der Waals surface area contributed by atoms with Crippen LogP contribution in [0.4, 0.5) is 4.39 Å². The summed E-state index contributed by atoms with van der Waals surface area (Å²) < 4.78 is 40.3. The molecule has 0 saturated heterocycles. The van der Waals surface area contributed by atoms with Gasteiger partial charge in [-0.2, -0.15) is 0 Å². The average molecular weight is 532 g/mol. The lowest BCUT2D eigenvalue weighted by Gasteiger charge is -2.33. The molecule has 1 N–H and O–H groups in total. The lowest BCUT2D eigenvalue weighted by molar-refractivity contribution is -0.141. The smallest absolute Gasteiger partial charge is 0.243 e. The van der Waals surface area contributed by atoms with Gasteiger partial charge >= 0.3 is 0 Å². The number of halogens is 1. The second-order valence-corrected chi connectivity index (χ2v) is 11.7. The third-order valence-corrected chi connectivity index (χ3v) is 8.79. The van der Waals surface area contributed by atoms with E-state index in [0.29, 0.717) is 12.8 Å². The van der Waals surface area contributed by atoms with Crippen molar-refractivity contribution in [3.8, 4) is 0 Å². The molecule has 0 heterocycles. The van der Waals surface area contributed by atoms with Crippen molar-refractivity contribution in [1.29, 1.82) is 0 Å². The summed E-state index contributed by atoms with van der Waals surface area (Å²) in [5.41, 5.74) is 0.724. The number of carbonyl (C=O) groups is 2. The maximum atomic E-state index is 13.5. The van der Waals surface area contributed by atoms with Gasteiger partial charge in [0.05, 0.1) is 4.90 Å². The Morgan fingerprint density at radius 2 is 1.68 bits per heavy atom. The molecule has 1 aliphatic rings. The fourth-order valence-corrected chi connectivity index (χ4v) is 5.97. The molecule has 0 bridgehead atoms. The van der Waals surface area contributed by atoms with Gasteiger partial charge in [0.2, 0.25) is 21.8 Å². The van der Waals surface area contributed by atoms with Crippen LogP contribution in [0.25, 0.3) is 0 Å². The second kappa shape index (κ2) is 13.7. The number of hydrogen-bond acceptors (Lipinski definition) is 4. The van der Waals surface area contributed by atoms with E-state index in [-0.39, 0.29) is 48.1 Å². The number of nitrogens with zero attached hydrogens (tertiary/aromatic N) is 2. The molecule has 0 aromatic heterocycles. The van der Waals surface area contributed by atoms with Crippen molar-refractivity contribution in [3.05, 3.63) is 66.0 Å². The van der Waals surface area contributed by atoms with E-state index in [1.54, 1.807) is 35.2 Å². The first-order valence-corrected chi connectivity index (χ1v) is 14.5. The monoisotopic (exact) mass is 531 g/mol. The van der Waals surface area contributed by atoms with Crippen LogP contribution in [0.5, 0.6) is 0 Å². The van der Waals surface area contributed by atoms with Crippen molar-refractivity contribution in [1.82, 2.24) is 14.5 Å². The number of hydrogen-bond donors (Lipinski definition) is 1. The summed E-state index contributed by atoms with van der Waals surface area (Å²) >= 11 is 0. The van der Waals surface area contributed by atoms with E-state index < -0.39 is 16.1 Å². The number of benzene rings is 2. The van der Waals surface area contributed by atoms with Gasteiger partial charge in [0.15, 0.2) is 0 Å². The lowest BCUT2D eigenvalue weighted by atomic mass is 9.95. The van der Waals surface area contributed by atoms with E-state index in [9.17, 15) is 22.4 Å². The van der Waals surface area contributed by atoms with Crippen LogP contribution in [-0.2, 0) is 26.2 Å². The molecule has 9 heteroatoms. The molecule has 3 rings (SSSR count). The van der Waals surface area contributed by atoms with Gasteiger partial charge in [0.25, 0.3) is 0 Å². The number of carbonyl (C=O) groups excluding carboxylic acids is 2. The minimum absolute atomic E-state index is 0.0864. The van der Waals surface area contributed by atoms with Crippen LogP contribution in [-0.4, -0.2) is 55.1 Å². The average Bonchev–Trinajstić information content (AvgIpc) is 2.90. The largest absolute Gasteiger partial charge is 0.352 e. The highest BCUT2D eigenvalue weighted by Crippen LogP contribution is 2.20. The molecule has 2 amide bonds. The van der Waals surface area contributed by atoms with Crippen molar-refractivity contribution < 1.29 is 22.4 Å². The minimum Gasteiger partial charge on any atom is -0.352 e. The second-order valence-electron chi connectivity index (χ2n) is 9.66. The third-order valence-electron chi connectivity index (χ3n) is 6.92. The van der Waals surface area contributed by atoms with Crippen LogP contribution in [0.1, 0.15) is 63.9 Å². The molecule has 1 saturated carbocycles. The van der Waals surface area contributed by atoms with Crippen molar-refractivity contribution in [2.45, 2.75) is 81.8 Å². The van der Waals surface area contributed by atoms with Crippen molar-refractivity contribution in [2.24, 2.45) is 0 Å². The van der Waals surface area contributed by atoms with Crippen LogP contribution in [0.15, 0.2) is 59.5 Å². The molecule has 0 aliphatic heterocycles. The number of amides is 2. The third kappa shape index (κ3) is 8.10. The van der Waals surface area contributed by atoms with E-state index in [2.05, 4.69) is 5.32 Å².